The minimum absolute atomic E-state index is 0.318. The van der Waals surface area contributed by atoms with E-state index in [1.807, 2.05) is 11.9 Å². The highest BCUT2D eigenvalue weighted by atomic mass is 16.2. The van der Waals surface area contributed by atoms with E-state index in [2.05, 4.69) is 32.9 Å². The van der Waals surface area contributed by atoms with Crippen molar-refractivity contribution in [1.29, 1.82) is 0 Å². The van der Waals surface area contributed by atoms with E-state index in [4.69, 9.17) is 0 Å². The number of carbonyl (C=O) groups excluding carboxylic acids is 1. The summed E-state index contributed by atoms with van der Waals surface area (Å²) in [6.07, 6.45) is 8.82. The van der Waals surface area contributed by atoms with E-state index in [-0.39, 0.29) is 0 Å². The van der Waals surface area contributed by atoms with Gasteiger partial charge in [0.05, 0.1) is 0 Å². The van der Waals surface area contributed by atoms with Crippen molar-refractivity contribution in [3.63, 3.8) is 0 Å². The van der Waals surface area contributed by atoms with Crippen LogP contribution < -0.4 is 0 Å². The van der Waals surface area contributed by atoms with Gasteiger partial charge in [0.25, 0.3) is 0 Å². The summed E-state index contributed by atoms with van der Waals surface area (Å²) < 4.78 is 0. The first kappa shape index (κ1) is 14.0. The minimum Gasteiger partial charge on any atom is -0.342 e. The van der Waals surface area contributed by atoms with Crippen LogP contribution in [0.3, 0.4) is 0 Å². The average Bonchev–Trinajstić information content (AvgIpc) is 3.08. The Hall–Kier alpha value is -1.05. The highest BCUT2D eigenvalue weighted by molar-refractivity contribution is 5.80. The molecule has 0 saturated heterocycles. The van der Waals surface area contributed by atoms with Gasteiger partial charge in [0.1, 0.15) is 0 Å². The maximum atomic E-state index is 11.7. The molecule has 17 heavy (non-hydrogen) atoms. The number of rotatable bonds is 6. The molecule has 0 bridgehead atoms. The van der Waals surface area contributed by atoms with Crippen molar-refractivity contribution in [3.05, 3.63) is 23.3 Å². The summed E-state index contributed by atoms with van der Waals surface area (Å²) >= 11 is 0. The van der Waals surface area contributed by atoms with Crippen LogP contribution in [0.25, 0.3) is 0 Å². The Bertz CT molecular complexity index is 320. The SMILES string of the molecule is CC(C)=CCCC(C)=CCN(C)C(=O)C1CC1. The van der Waals surface area contributed by atoms with Crippen LogP contribution in [-0.2, 0) is 4.79 Å². The zero-order chi connectivity index (χ0) is 12.8. The van der Waals surface area contributed by atoms with Crippen molar-refractivity contribution in [3.8, 4) is 0 Å². The summed E-state index contributed by atoms with van der Waals surface area (Å²) in [4.78, 5) is 13.6. The molecule has 0 spiro atoms. The normalized spacial score (nSPS) is 15.6. The van der Waals surface area contributed by atoms with E-state index in [1.165, 1.54) is 11.1 Å². The smallest absolute Gasteiger partial charge is 0.225 e. The fraction of sp³-hybridized carbons (Fsp3) is 0.667. The molecule has 0 aromatic heterocycles. The van der Waals surface area contributed by atoms with Gasteiger partial charge in [-0.25, -0.2) is 0 Å². The first-order valence-electron chi connectivity index (χ1n) is 6.54. The molecule has 1 amide bonds. The molecule has 0 N–H and O–H groups in total. The lowest BCUT2D eigenvalue weighted by molar-refractivity contribution is -0.130. The zero-order valence-corrected chi connectivity index (χ0v) is 11.6. The molecule has 1 aliphatic rings. The third-order valence-corrected chi connectivity index (χ3v) is 3.11. The summed E-state index contributed by atoms with van der Waals surface area (Å²) in [5.41, 5.74) is 2.75. The van der Waals surface area contributed by atoms with Gasteiger partial charge in [0.15, 0.2) is 0 Å². The summed E-state index contributed by atoms with van der Waals surface area (Å²) in [5.74, 6) is 0.651. The third kappa shape index (κ3) is 5.71. The van der Waals surface area contributed by atoms with Gasteiger partial charge in [-0.1, -0.05) is 23.3 Å². The molecule has 0 unspecified atom stereocenters. The molecule has 1 rings (SSSR count). The van der Waals surface area contributed by atoms with Crippen molar-refractivity contribution in [2.45, 2.75) is 46.5 Å². The van der Waals surface area contributed by atoms with E-state index in [9.17, 15) is 4.79 Å². The van der Waals surface area contributed by atoms with Gasteiger partial charge in [-0.2, -0.15) is 0 Å². The van der Waals surface area contributed by atoms with Gasteiger partial charge in [-0.3, -0.25) is 4.79 Å². The molecule has 0 heterocycles. The van der Waals surface area contributed by atoms with E-state index >= 15 is 0 Å². The maximum Gasteiger partial charge on any atom is 0.225 e. The Labute approximate surface area is 105 Å². The van der Waals surface area contributed by atoms with Crippen LogP contribution >= 0.6 is 0 Å². The summed E-state index contributed by atoms with van der Waals surface area (Å²) in [6, 6.07) is 0. The zero-order valence-electron chi connectivity index (χ0n) is 11.6. The topological polar surface area (TPSA) is 20.3 Å². The Morgan fingerprint density at radius 3 is 2.41 bits per heavy atom. The molecule has 2 nitrogen and oxygen atoms in total. The second-order valence-electron chi connectivity index (χ2n) is 5.36. The first-order chi connectivity index (χ1) is 8.00. The minimum atomic E-state index is 0.318. The van der Waals surface area contributed by atoms with Crippen LogP contribution in [0.1, 0.15) is 46.5 Å². The van der Waals surface area contributed by atoms with Crippen molar-refractivity contribution in [2.75, 3.05) is 13.6 Å². The number of nitrogens with zero attached hydrogens (tertiary/aromatic N) is 1. The predicted octanol–water partition coefficient (Wildman–Crippen LogP) is 3.55. The largest absolute Gasteiger partial charge is 0.342 e. The van der Waals surface area contributed by atoms with Crippen LogP contribution in [0.15, 0.2) is 23.3 Å². The van der Waals surface area contributed by atoms with Gasteiger partial charge in [-0.05, 0) is 46.5 Å². The molecule has 1 aliphatic carbocycles. The number of hydrogen-bond acceptors (Lipinski definition) is 1. The quantitative estimate of drug-likeness (QED) is 0.645. The van der Waals surface area contributed by atoms with Crippen molar-refractivity contribution in [1.82, 2.24) is 4.90 Å². The number of allylic oxidation sites excluding steroid dienone is 3. The van der Waals surface area contributed by atoms with Crippen LogP contribution in [0, 0.1) is 5.92 Å². The summed E-state index contributed by atoms with van der Waals surface area (Å²) in [5, 5.41) is 0. The highest BCUT2D eigenvalue weighted by Crippen LogP contribution is 2.30. The summed E-state index contributed by atoms with van der Waals surface area (Å²) in [7, 11) is 1.90. The van der Waals surface area contributed by atoms with Crippen molar-refractivity contribution < 1.29 is 4.79 Å². The standard InChI is InChI=1S/C15H25NO/c1-12(2)6-5-7-13(3)10-11-16(4)15(17)14-8-9-14/h6,10,14H,5,7-9,11H2,1-4H3. The van der Waals surface area contributed by atoms with Crippen LogP contribution in [-0.4, -0.2) is 24.4 Å². The van der Waals surface area contributed by atoms with Crippen LogP contribution in [0.4, 0.5) is 0 Å². The number of likely N-dealkylation sites (N-methyl/N-ethyl adjacent to an activating group) is 1. The molecule has 96 valence electrons. The molecule has 1 fully saturated rings. The molecule has 2 heteroatoms. The lowest BCUT2D eigenvalue weighted by atomic mass is 10.1. The monoisotopic (exact) mass is 235 g/mol. The van der Waals surface area contributed by atoms with Gasteiger partial charge >= 0.3 is 0 Å². The van der Waals surface area contributed by atoms with Crippen molar-refractivity contribution in [2.24, 2.45) is 5.92 Å². The van der Waals surface area contributed by atoms with Gasteiger partial charge in [-0.15, -0.1) is 0 Å². The number of amides is 1. The van der Waals surface area contributed by atoms with E-state index in [0.717, 1.165) is 32.2 Å². The van der Waals surface area contributed by atoms with Crippen LogP contribution in [0.5, 0.6) is 0 Å². The van der Waals surface area contributed by atoms with E-state index in [0.29, 0.717) is 11.8 Å². The number of hydrogen-bond donors (Lipinski definition) is 0. The third-order valence-electron chi connectivity index (χ3n) is 3.11. The molecule has 0 radical (unpaired) electrons. The Kier molecular flexibility index (Phi) is 5.46. The molecule has 0 aromatic carbocycles. The predicted molar refractivity (Wildman–Crippen MR) is 72.8 cm³/mol. The molecule has 1 saturated carbocycles. The number of carbonyl (C=O) groups is 1. The Morgan fingerprint density at radius 1 is 1.24 bits per heavy atom. The Morgan fingerprint density at radius 2 is 1.88 bits per heavy atom. The average molecular weight is 235 g/mol. The highest BCUT2D eigenvalue weighted by Gasteiger charge is 2.31. The first-order valence-corrected chi connectivity index (χ1v) is 6.54. The fourth-order valence-electron chi connectivity index (χ4n) is 1.72. The van der Waals surface area contributed by atoms with E-state index in [1.54, 1.807) is 0 Å². The molecule has 0 aromatic rings. The second kappa shape index (κ2) is 6.63. The van der Waals surface area contributed by atoms with Crippen molar-refractivity contribution >= 4 is 5.91 Å². The second-order valence-corrected chi connectivity index (χ2v) is 5.36. The summed E-state index contributed by atoms with van der Waals surface area (Å²) in [6.45, 7) is 7.16. The lowest BCUT2D eigenvalue weighted by Gasteiger charge is -2.15. The molecule has 0 atom stereocenters. The van der Waals surface area contributed by atoms with Gasteiger partial charge in [0, 0.05) is 19.5 Å². The van der Waals surface area contributed by atoms with Gasteiger partial charge < -0.3 is 4.90 Å². The van der Waals surface area contributed by atoms with E-state index < -0.39 is 0 Å². The van der Waals surface area contributed by atoms with Gasteiger partial charge in [0.2, 0.25) is 5.91 Å². The molecular weight excluding hydrogens is 210 g/mol. The van der Waals surface area contributed by atoms with Crippen LogP contribution in [0.2, 0.25) is 0 Å². The Balaban J connectivity index is 2.26. The fourth-order valence-corrected chi connectivity index (χ4v) is 1.72. The maximum absolute atomic E-state index is 11.7. The lowest BCUT2D eigenvalue weighted by Crippen LogP contribution is -2.28. The molecule has 0 aliphatic heterocycles. The molecular formula is C15H25NO.